The van der Waals surface area contributed by atoms with Gasteiger partial charge in [0.05, 0.1) is 18.4 Å². The summed E-state index contributed by atoms with van der Waals surface area (Å²) in [5, 5.41) is 8.71. The summed E-state index contributed by atoms with van der Waals surface area (Å²) in [6, 6.07) is 0. The minimum Gasteiger partial charge on any atom is -0.481 e. The summed E-state index contributed by atoms with van der Waals surface area (Å²) in [6.07, 6.45) is 2.15. The largest absolute Gasteiger partial charge is 0.481 e. The zero-order chi connectivity index (χ0) is 10.3. The monoisotopic (exact) mass is 198 g/mol. The van der Waals surface area contributed by atoms with Crippen molar-refractivity contribution in [3.05, 3.63) is 0 Å². The third kappa shape index (κ3) is 1.29. The van der Waals surface area contributed by atoms with Gasteiger partial charge in [-0.2, -0.15) is 0 Å². The first kappa shape index (κ1) is 9.49. The Morgan fingerprint density at radius 1 is 1.43 bits per heavy atom. The van der Waals surface area contributed by atoms with Gasteiger partial charge in [-0.05, 0) is 31.6 Å². The van der Waals surface area contributed by atoms with E-state index in [9.17, 15) is 9.59 Å². The molecule has 0 aliphatic heterocycles. The molecule has 0 saturated heterocycles. The van der Waals surface area contributed by atoms with E-state index in [1.54, 1.807) is 6.92 Å². The van der Waals surface area contributed by atoms with Crippen LogP contribution in [0.4, 0.5) is 0 Å². The molecule has 78 valence electrons. The number of hydrogen-bond acceptors (Lipinski definition) is 3. The lowest BCUT2D eigenvalue weighted by Gasteiger charge is -2.33. The highest BCUT2D eigenvalue weighted by Gasteiger charge is 2.66. The molecule has 2 fully saturated rings. The number of hydrogen-bond donors (Lipinski definition) is 1. The van der Waals surface area contributed by atoms with Crippen molar-refractivity contribution in [1.29, 1.82) is 0 Å². The van der Waals surface area contributed by atoms with Gasteiger partial charge in [0.2, 0.25) is 0 Å². The van der Waals surface area contributed by atoms with Gasteiger partial charge in [0, 0.05) is 0 Å². The Bertz CT molecular complexity index is 278. The van der Waals surface area contributed by atoms with Gasteiger partial charge in [0.1, 0.15) is 0 Å². The summed E-state index contributed by atoms with van der Waals surface area (Å²) in [6.45, 7) is 2.20. The fourth-order valence-electron chi connectivity index (χ4n) is 2.47. The second-order valence-corrected chi connectivity index (χ2v) is 4.31. The normalized spacial score (nSPS) is 38.9. The highest BCUT2D eigenvalue weighted by atomic mass is 16.5. The van der Waals surface area contributed by atoms with Crippen molar-refractivity contribution in [1.82, 2.24) is 0 Å². The highest BCUT2D eigenvalue weighted by Crippen LogP contribution is 2.67. The summed E-state index contributed by atoms with van der Waals surface area (Å²) in [4.78, 5) is 21.9. The topological polar surface area (TPSA) is 63.6 Å². The van der Waals surface area contributed by atoms with Gasteiger partial charge < -0.3 is 9.84 Å². The van der Waals surface area contributed by atoms with Gasteiger partial charge in [-0.1, -0.05) is 0 Å². The van der Waals surface area contributed by atoms with Crippen LogP contribution in [0.1, 0.15) is 26.2 Å². The third-order valence-electron chi connectivity index (χ3n) is 3.42. The smallest absolute Gasteiger partial charge is 0.309 e. The molecule has 4 heteroatoms. The summed E-state index contributed by atoms with van der Waals surface area (Å²) >= 11 is 0. The zero-order valence-electron chi connectivity index (χ0n) is 8.16. The maximum Gasteiger partial charge on any atom is 0.309 e. The van der Waals surface area contributed by atoms with E-state index in [2.05, 4.69) is 0 Å². The van der Waals surface area contributed by atoms with Gasteiger partial charge in [-0.3, -0.25) is 9.59 Å². The van der Waals surface area contributed by atoms with Crippen LogP contribution in [0.2, 0.25) is 0 Å². The number of rotatable bonds is 3. The maximum atomic E-state index is 11.3. The van der Waals surface area contributed by atoms with Crippen LogP contribution in [-0.4, -0.2) is 23.7 Å². The third-order valence-corrected chi connectivity index (χ3v) is 3.42. The molecular formula is C10H14O4. The number of carbonyl (C=O) groups is 2. The maximum absolute atomic E-state index is 11.3. The van der Waals surface area contributed by atoms with E-state index in [0.29, 0.717) is 19.4 Å². The van der Waals surface area contributed by atoms with Gasteiger partial charge in [0.25, 0.3) is 0 Å². The second kappa shape index (κ2) is 2.97. The Kier molecular flexibility index (Phi) is 2.01. The summed E-state index contributed by atoms with van der Waals surface area (Å²) in [5.41, 5.74) is 0.00924. The number of carbonyl (C=O) groups excluding carboxylic acids is 1. The van der Waals surface area contributed by atoms with E-state index in [1.165, 1.54) is 0 Å². The van der Waals surface area contributed by atoms with Crippen molar-refractivity contribution >= 4 is 11.9 Å². The molecule has 0 aromatic rings. The van der Waals surface area contributed by atoms with Crippen molar-refractivity contribution in [2.45, 2.75) is 26.2 Å². The molecule has 0 bridgehead atoms. The first-order chi connectivity index (χ1) is 6.59. The van der Waals surface area contributed by atoms with Crippen LogP contribution in [0.25, 0.3) is 0 Å². The first-order valence-electron chi connectivity index (χ1n) is 4.98. The molecule has 4 nitrogen and oxygen atoms in total. The highest BCUT2D eigenvalue weighted by molar-refractivity contribution is 5.79. The van der Waals surface area contributed by atoms with Crippen LogP contribution in [0.3, 0.4) is 0 Å². The number of ether oxygens (including phenoxy) is 1. The molecule has 2 aliphatic rings. The molecular weight excluding hydrogens is 184 g/mol. The van der Waals surface area contributed by atoms with Crippen LogP contribution < -0.4 is 0 Å². The summed E-state index contributed by atoms with van der Waals surface area (Å²) in [5.74, 6) is -1.12. The number of aliphatic carboxylic acids is 1. The Morgan fingerprint density at radius 3 is 2.57 bits per heavy atom. The average molecular weight is 198 g/mol. The Morgan fingerprint density at radius 2 is 2.07 bits per heavy atom. The SMILES string of the molecule is CCOC(=O)C1CC12CC(C(=O)O)C2. The minimum atomic E-state index is -0.731. The Hall–Kier alpha value is -1.06. The van der Waals surface area contributed by atoms with Crippen LogP contribution in [0.15, 0.2) is 0 Å². The predicted molar refractivity (Wildman–Crippen MR) is 47.5 cm³/mol. The Labute approximate surface area is 82.2 Å². The lowest BCUT2D eigenvalue weighted by atomic mass is 9.70. The van der Waals surface area contributed by atoms with E-state index in [1.807, 2.05) is 0 Å². The molecule has 1 atom stereocenters. The summed E-state index contributed by atoms with van der Waals surface area (Å²) < 4.78 is 4.91. The zero-order valence-corrected chi connectivity index (χ0v) is 8.16. The number of carboxylic acids is 1. The summed E-state index contributed by atoms with van der Waals surface area (Å²) in [7, 11) is 0. The number of esters is 1. The van der Waals surface area contributed by atoms with E-state index in [0.717, 1.165) is 6.42 Å². The molecule has 0 aromatic carbocycles. The van der Waals surface area contributed by atoms with Gasteiger partial charge >= 0.3 is 11.9 Å². The van der Waals surface area contributed by atoms with E-state index in [4.69, 9.17) is 9.84 Å². The average Bonchev–Trinajstić information content (AvgIpc) is 2.75. The van der Waals surface area contributed by atoms with E-state index in [-0.39, 0.29) is 23.2 Å². The van der Waals surface area contributed by atoms with Crippen LogP contribution >= 0.6 is 0 Å². The van der Waals surface area contributed by atoms with Crippen LogP contribution in [0.5, 0.6) is 0 Å². The van der Waals surface area contributed by atoms with Crippen molar-refractivity contribution in [3.63, 3.8) is 0 Å². The molecule has 0 amide bonds. The van der Waals surface area contributed by atoms with E-state index < -0.39 is 5.97 Å². The molecule has 14 heavy (non-hydrogen) atoms. The molecule has 1 N–H and O–H groups in total. The molecule has 2 saturated carbocycles. The Balaban J connectivity index is 1.83. The fourth-order valence-corrected chi connectivity index (χ4v) is 2.47. The predicted octanol–water partition coefficient (Wildman–Crippen LogP) is 1.05. The van der Waals surface area contributed by atoms with Gasteiger partial charge in [-0.15, -0.1) is 0 Å². The molecule has 2 rings (SSSR count). The van der Waals surface area contributed by atoms with Gasteiger partial charge in [0.15, 0.2) is 0 Å². The minimum absolute atomic E-state index is 0.00924. The molecule has 0 radical (unpaired) electrons. The lowest BCUT2D eigenvalue weighted by molar-refractivity contribution is -0.152. The van der Waals surface area contributed by atoms with Crippen molar-refractivity contribution in [2.24, 2.45) is 17.3 Å². The fraction of sp³-hybridized carbons (Fsp3) is 0.800. The molecule has 1 unspecified atom stereocenters. The van der Waals surface area contributed by atoms with Gasteiger partial charge in [-0.25, -0.2) is 0 Å². The second-order valence-electron chi connectivity index (χ2n) is 4.31. The molecule has 0 heterocycles. The van der Waals surface area contributed by atoms with Crippen LogP contribution in [-0.2, 0) is 14.3 Å². The lowest BCUT2D eigenvalue weighted by Crippen LogP contribution is -2.34. The standard InChI is InChI=1S/C10H14O4/c1-2-14-9(13)7-5-10(7)3-6(4-10)8(11)12/h6-7H,2-5H2,1H3,(H,11,12). The molecule has 2 aliphatic carbocycles. The van der Waals surface area contributed by atoms with Crippen molar-refractivity contribution in [2.75, 3.05) is 6.61 Å². The van der Waals surface area contributed by atoms with E-state index >= 15 is 0 Å². The quantitative estimate of drug-likeness (QED) is 0.688. The molecule has 0 aromatic heterocycles. The van der Waals surface area contributed by atoms with Crippen molar-refractivity contribution < 1.29 is 19.4 Å². The van der Waals surface area contributed by atoms with Crippen LogP contribution in [0, 0.1) is 17.3 Å². The molecule has 1 spiro atoms. The first-order valence-corrected chi connectivity index (χ1v) is 4.98. The van der Waals surface area contributed by atoms with Crippen molar-refractivity contribution in [3.8, 4) is 0 Å². The number of carboxylic acid groups (broad SMARTS) is 1.